The molecule has 0 radical (unpaired) electrons. The van der Waals surface area contributed by atoms with Gasteiger partial charge >= 0.3 is 11.6 Å². The number of hydrogen-bond donors (Lipinski definition) is 1. The molecule has 2 rings (SSSR count). The number of carbonyl (C=O) groups is 1. The predicted molar refractivity (Wildman–Crippen MR) is 85.0 cm³/mol. The van der Waals surface area contributed by atoms with Gasteiger partial charge in [0.1, 0.15) is 0 Å². The molecule has 23 heavy (non-hydrogen) atoms. The number of benzene rings is 1. The normalized spacial score (nSPS) is 11.0. The number of fused-ring (bicyclic) bond motifs is 1. The van der Waals surface area contributed by atoms with Crippen molar-refractivity contribution in [3.8, 4) is 17.2 Å². The smallest absolute Gasteiger partial charge is 0.382 e. The van der Waals surface area contributed by atoms with Gasteiger partial charge in [-0.05, 0) is 25.0 Å². The first-order chi connectivity index (χ1) is 11.0. The Morgan fingerprint density at radius 1 is 1.35 bits per heavy atom. The van der Waals surface area contributed by atoms with Crippen LogP contribution in [0.5, 0.6) is 17.2 Å². The van der Waals surface area contributed by atoms with Crippen molar-refractivity contribution in [1.82, 2.24) is 0 Å². The van der Waals surface area contributed by atoms with Crippen molar-refractivity contribution in [3.05, 3.63) is 40.8 Å². The van der Waals surface area contributed by atoms with Crippen LogP contribution in [0, 0.1) is 0 Å². The molecule has 6 heteroatoms. The fraction of sp³-hybridized carbons (Fsp3) is 0.294. The van der Waals surface area contributed by atoms with E-state index in [1.54, 1.807) is 18.2 Å². The number of esters is 1. The van der Waals surface area contributed by atoms with Gasteiger partial charge < -0.3 is 19.0 Å². The van der Waals surface area contributed by atoms with E-state index in [4.69, 9.17) is 13.9 Å². The summed E-state index contributed by atoms with van der Waals surface area (Å²) in [5, 5.41) is 10.1. The highest BCUT2D eigenvalue weighted by Crippen LogP contribution is 2.36. The van der Waals surface area contributed by atoms with Crippen molar-refractivity contribution in [2.45, 2.75) is 26.7 Å². The molecule has 0 aliphatic rings. The second-order valence-electron chi connectivity index (χ2n) is 4.81. The third-order valence-corrected chi connectivity index (χ3v) is 3.02. The van der Waals surface area contributed by atoms with E-state index in [0.29, 0.717) is 24.2 Å². The molecule has 0 bridgehead atoms. The van der Waals surface area contributed by atoms with Crippen LogP contribution in [0.2, 0.25) is 0 Å². The molecule has 0 aliphatic carbocycles. The minimum Gasteiger partial charge on any atom is -0.499 e. The third-order valence-electron chi connectivity index (χ3n) is 3.02. The summed E-state index contributed by atoms with van der Waals surface area (Å²) < 4.78 is 15.6. The zero-order valence-electron chi connectivity index (χ0n) is 13.0. The third kappa shape index (κ3) is 3.91. The van der Waals surface area contributed by atoms with Crippen LogP contribution < -0.4 is 15.1 Å². The number of allylic oxidation sites excluding steroid dienone is 1. The average Bonchev–Trinajstić information content (AvgIpc) is 2.51. The van der Waals surface area contributed by atoms with Gasteiger partial charge in [-0.3, -0.25) is 4.79 Å². The van der Waals surface area contributed by atoms with Crippen molar-refractivity contribution >= 4 is 16.9 Å². The van der Waals surface area contributed by atoms with Crippen LogP contribution in [-0.4, -0.2) is 17.7 Å². The first-order valence-electron chi connectivity index (χ1n) is 7.29. The number of para-hydroxylation sites is 1. The summed E-state index contributed by atoms with van der Waals surface area (Å²) in [4.78, 5) is 22.9. The molecule has 0 aliphatic heterocycles. The Balaban J connectivity index is 2.40. The van der Waals surface area contributed by atoms with E-state index in [9.17, 15) is 14.7 Å². The largest absolute Gasteiger partial charge is 0.499 e. The maximum absolute atomic E-state index is 11.7. The quantitative estimate of drug-likeness (QED) is 0.381. The molecule has 1 heterocycles. The lowest BCUT2D eigenvalue weighted by Gasteiger charge is -2.10. The van der Waals surface area contributed by atoms with Gasteiger partial charge in [-0.1, -0.05) is 25.1 Å². The van der Waals surface area contributed by atoms with Gasteiger partial charge in [0.25, 0.3) is 0 Å². The molecular formula is C17H18O6. The number of aromatic hydroxyl groups is 1. The van der Waals surface area contributed by atoms with Crippen LogP contribution in [-0.2, 0) is 4.79 Å². The lowest BCUT2D eigenvalue weighted by Crippen LogP contribution is -2.08. The van der Waals surface area contributed by atoms with Gasteiger partial charge in [-0.25, -0.2) is 4.79 Å². The Labute approximate surface area is 132 Å². The van der Waals surface area contributed by atoms with E-state index in [0.717, 1.165) is 6.42 Å². The first kappa shape index (κ1) is 16.6. The number of carbonyl (C=O) groups excluding carboxylic acids is 1. The van der Waals surface area contributed by atoms with Crippen LogP contribution in [0.15, 0.2) is 39.6 Å². The van der Waals surface area contributed by atoms with E-state index in [-0.39, 0.29) is 11.3 Å². The summed E-state index contributed by atoms with van der Waals surface area (Å²) in [6.45, 7) is 3.63. The van der Waals surface area contributed by atoms with Crippen molar-refractivity contribution in [1.29, 1.82) is 0 Å². The van der Waals surface area contributed by atoms with Crippen LogP contribution in [0.1, 0.15) is 26.7 Å². The van der Waals surface area contributed by atoms with Crippen LogP contribution in [0.3, 0.4) is 0 Å². The summed E-state index contributed by atoms with van der Waals surface area (Å²) in [5.41, 5.74) is -0.860. The van der Waals surface area contributed by atoms with Crippen LogP contribution >= 0.6 is 0 Å². The maximum atomic E-state index is 11.7. The topological polar surface area (TPSA) is 86.0 Å². The number of ether oxygens (including phenoxy) is 2. The molecule has 1 aromatic carbocycles. The first-order valence-corrected chi connectivity index (χ1v) is 7.29. The minimum atomic E-state index is -0.990. The van der Waals surface area contributed by atoms with Gasteiger partial charge in [-0.2, -0.15) is 0 Å². The highest BCUT2D eigenvalue weighted by atomic mass is 16.5. The summed E-state index contributed by atoms with van der Waals surface area (Å²) in [6.07, 6.45) is 5.69. The Bertz CT molecular complexity index is 788. The molecule has 0 spiro atoms. The molecule has 0 saturated heterocycles. The number of hydrogen-bond acceptors (Lipinski definition) is 6. The molecule has 0 fully saturated rings. The Morgan fingerprint density at radius 2 is 2.13 bits per heavy atom. The average molecular weight is 318 g/mol. The molecular weight excluding hydrogens is 300 g/mol. The van der Waals surface area contributed by atoms with Crippen molar-refractivity contribution in [3.63, 3.8) is 0 Å². The second kappa shape index (κ2) is 7.49. The molecule has 6 nitrogen and oxygen atoms in total. The minimum absolute atomic E-state index is 0.131. The summed E-state index contributed by atoms with van der Waals surface area (Å²) in [5.74, 6) is -1.27. The van der Waals surface area contributed by atoms with E-state index in [1.807, 2.05) is 19.1 Å². The Morgan fingerprint density at radius 3 is 2.83 bits per heavy atom. The summed E-state index contributed by atoms with van der Waals surface area (Å²) >= 11 is 0. The summed E-state index contributed by atoms with van der Waals surface area (Å²) in [7, 11) is 0. The predicted octanol–water partition coefficient (Wildman–Crippen LogP) is 3.16. The Kier molecular flexibility index (Phi) is 5.41. The fourth-order valence-electron chi connectivity index (χ4n) is 2.04. The SMILES string of the molecule is CC/C=C/CCOc1cccc2c(OC(C)=O)c(O)c(=O)oc12. The molecule has 1 N–H and O–H groups in total. The fourth-order valence-corrected chi connectivity index (χ4v) is 2.04. The van der Waals surface area contributed by atoms with Crippen LogP contribution in [0.25, 0.3) is 11.0 Å². The maximum Gasteiger partial charge on any atom is 0.382 e. The van der Waals surface area contributed by atoms with E-state index >= 15 is 0 Å². The molecule has 0 amide bonds. The zero-order chi connectivity index (χ0) is 16.8. The molecule has 1 aromatic heterocycles. The van der Waals surface area contributed by atoms with Gasteiger partial charge in [0.2, 0.25) is 5.75 Å². The Hall–Kier alpha value is -2.76. The van der Waals surface area contributed by atoms with Gasteiger partial charge in [0.15, 0.2) is 17.1 Å². The molecule has 122 valence electrons. The standard InChI is InChI=1S/C17H18O6/c1-3-4-5-6-10-21-13-9-7-8-12-15(13)23-17(20)14(19)16(12)22-11(2)18/h4-5,7-9,19H,3,6,10H2,1-2H3/b5-4+. The van der Waals surface area contributed by atoms with Crippen molar-refractivity contribution in [2.75, 3.05) is 6.61 Å². The lowest BCUT2D eigenvalue weighted by molar-refractivity contribution is -0.131. The highest BCUT2D eigenvalue weighted by molar-refractivity contribution is 5.91. The van der Waals surface area contributed by atoms with Gasteiger partial charge in [0.05, 0.1) is 12.0 Å². The van der Waals surface area contributed by atoms with E-state index < -0.39 is 17.3 Å². The summed E-state index contributed by atoms with van der Waals surface area (Å²) in [6, 6.07) is 4.87. The van der Waals surface area contributed by atoms with E-state index in [1.165, 1.54) is 6.92 Å². The molecule has 0 atom stereocenters. The van der Waals surface area contributed by atoms with Crippen molar-refractivity contribution < 1.29 is 23.8 Å². The molecule has 0 unspecified atom stereocenters. The monoisotopic (exact) mass is 318 g/mol. The van der Waals surface area contributed by atoms with Gasteiger partial charge in [-0.15, -0.1) is 0 Å². The number of rotatable bonds is 6. The molecule has 2 aromatic rings. The van der Waals surface area contributed by atoms with E-state index in [2.05, 4.69) is 0 Å². The lowest BCUT2D eigenvalue weighted by atomic mass is 10.2. The second-order valence-corrected chi connectivity index (χ2v) is 4.81. The van der Waals surface area contributed by atoms with Crippen LogP contribution in [0.4, 0.5) is 0 Å². The zero-order valence-corrected chi connectivity index (χ0v) is 13.0. The van der Waals surface area contributed by atoms with Crippen molar-refractivity contribution in [2.24, 2.45) is 0 Å². The highest BCUT2D eigenvalue weighted by Gasteiger charge is 2.19. The molecule has 0 saturated carbocycles. The van der Waals surface area contributed by atoms with Gasteiger partial charge in [0, 0.05) is 6.92 Å².